The van der Waals surface area contributed by atoms with Gasteiger partial charge in [-0.3, -0.25) is 0 Å². The Bertz CT molecular complexity index is 6500. The molecule has 11 nitrogen and oxygen atoms in total. The standard InChI is InChI=1S/C23H17F3NO.C23H20NO2.2C23H20NO.C22H17ClNO/c24-23(25,26)19-13-11-17(12-14-19)21-15-22(18-7-3-1-4-8-18)28-16-27(21)20-9-5-2-6-10-20;1-25-21-14-12-18(13-15-21)22-16-23(19-8-4-2-5-9-19)26-17-24(22)20-10-6-3-7-11-20;1-18-9-8-12-20(15-18)22-16-23(19-10-4-2-5-11-19)25-17-24(22)21-13-6-3-7-14-21;1-18-12-14-19(15-13-18)22-16-23(20-8-4-2-5-9-20)25-17-24(22)21-10-6-3-7-11-21;23-19-13-11-17(12-14-19)21-15-22(18-7-3-1-4-8-18)25-16-24(21)20-9-5-2-6-10-20/h1-15H,16H2;2-16H,17H2,1H3;2*2-16H,17H2,1H3;1-15H,16H2/q5*+1. The predicted molar refractivity (Wildman–Crippen MR) is 512 cm³/mol. The number of hydrogen-bond acceptors (Lipinski definition) is 6. The van der Waals surface area contributed by atoms with Crippen LogP contribution in [0.15, 0.2) is 455 Å². The van der Waals surface area contributed by atoms with E-state index in [2.05, 4.69) is 238 Å². The molecule has 20 rings (SSSR count). The topological polar surface area (TPSA) is 70.4 Å². The molecule has 0 bridgehead atoms. The zero-order valence-corrected chi connectivity index (χ0v) is 72.3. The van der Waals surface area contributed by atoms with Crippen molar-refractivity contribution >= 4 is 97.4 Å². The second-order valence-corrected chi connectivity index (χ2v) is 31.0. The number of allylic oxidation sites excluding steroid dienone is 5. The van der Waals surface area contributed by atoms with Crippen LogP contribution in [0.5, 0.6) is 5.75 Å². The van der Waals surface area contributed by atoms with Crippen LogP contribution in [-0.2, 0) is 29.9 Å². The fraction of sp³-hybridized carbons (Fsp3) is 0.0789. The SMILES string of the molecule is COc1ccc(C2=[N+](c3ccccc3)COC(c3ccccc3)=C2)cc1.Cc1ccc(C2=[N+](c3ccccc3)COC(c3ccccc3)=C2)cc1.Cc1cccc(C2=[N+](c3ccccc3)COC(c3ccccc3)=C2)c1.Clc1ccc(C2=[N+](c3ccccc3)COC(c3ccccc3)=C2)cc1.FC(F)(F)c1ccc(C2=[N+](c3ccccc3)COC(c3ccccc3)=C2)cc1. The Kier molecular flexibility index (Phi) is 28.4. The molecule has 0 saturated heterocycles. The molecule has 0 unspecified atom stereocenters. The molecule has 0 aromatic heterocycles. The summed E-state index contributed by atoms with van der Waals surface area (Å²) in [5, 5.41) is 0.731. The van der Waals surface area contributed by atoms with Gasteiger partial charge in [-0.1, -0.05) is 290 Å². The van der Waals surface area contributed by atoms with Crippen LogP contribution in [0.4, 0.5) is 41.6 Å². The van der Waals surface area contributed by atoms with E-state index in [0.717, 1.165) is 142 Å². The van der Waals surface area contributed by atoms with E-state index in [0.29, 0.717) is 38.2 Å². The summed E-state index contributed by atoms with van der Waals surface area (Å²) in [6, 6.07) is 140. The molecule has 634 valence electrons. The van der Waals surface area contributed by atoms with Crippen LogP contribution in [0, 0.1) is 13.8 Å². The van der Waals surface area contributed by atoms with Gasteiger partial charge in [0.05, 0.1) is 43.1 Å². The van der Waals surface area contributed by atoms with E-state index in [9.17, 15) is 13.2 Å². The molecule has 0 spiro atoms. The second-order valence-electron chi connectivity index (χ2n) is 30.5. The summed E-state index contributed by atoms with van der Waals surface area (Å²) in [7, 11) is 1.68. The summed E-state index contributed by atoms with van der Waals surface area (Å²) >= 11 is 6.07. The molecular weight excluding hydrogens is 1630 g/mol. The third-order valence-electron chi connectivity index (χ3n) is 21.9. The molecule has 15 aromatic carbocycles. The Morgan fingerprint density at radius 3 is 0.713 bits per heavy atom. The number of halogens is 4. The van der Waals surface area contributed by atoms with Crippen molar-refractivity contribution in [3.05, 3.63) is 532 Å². The van der Waals surface area contributed by atoms with Crippen LogP contribution in [0.1, 0.15) is 72.3 Å². The molecule has 0 fully saturated rings. The lowest BCUT2D eigenvalue weighted by Gasteiger charge is -2.17. The third-order valence-corrected chi connectivity index (χ3v) is 22.1. The van der Waals surface area contributed by atoms with Crippen molar-refractivity contribution in [2.24, 2.45) is 0 Å². The Morgan fingerprint density at radius 1 is 0.240 bits per heavy atom. The van der Waals surface area contributed by atoms with Gasteiger partial charge in [0.2, 0.25) is 57.0 Å². The summed E-state index contributed by atoms with van der Waals surface area (Å²) in [5.41, 5.74) is 23.0. The Balaban J connectivity index is 0.000000118. The number of aryl methyl sites for hydroxylation is 2. The highest BCUT2D eigenvalue weighted by Gasteiger charge is 2.34. The Labute approximate surface area is 756 Å². The predicted octanol–water partition coefficient (Wildman–Crippen LogP) is 26.5. The van der Waals surface area contributed by atoms with Gasteiger partial charge in [-0.15, -0.1) is 0 Å². The van der Waals surface area contributed by atoms with E-state index >= 15 is 0 Å². The minimum atomic E-state index is -4.36. The first kappa shape index (κ1) is 86.7. The number of hydrogen-bond donors (Lipinski definition) is 0. The fourth-order valence-corrected chi connectivity index (χ4v) is 15.3. The fourth-order valence-electron chi connectivity index (χ4n) is 15.1. The summed E-state index contributed by atoms with van der Waals surface area (Å²) < 4.78 is 85.0. The van der Waals surface area contributed by atoms with Gasteiger partial charge in [-0.05, 0) is 111 Å². The van der Waals surface area contributed by atoms with Crippen molar-refractivity contribution in [2.45, 2.75) is 20.0 Å². The minimum absolute atomic E-state index is 0.265. The third kappa shape index (κ3) is 22.3. The highest BCUT2D eigenvalue weighted by molar-refractivity contribution is 6.30. The van der Waals surface area contributed by atoms with Crippen molar-refractivity contribution in [1.82, 2.24) is 0 Å². The van der Waals surface area contributed by atoms with Crippen LogP contribution in [0.3, 0.4) is 0 Å². The lowest BCUT2D eigenvalue weighted by atomic mass is 10.0. The molecule has 0 amide bonds. The molecule has 5 aliphatic heterocycles. The number of nitrogens with zero attached hydrogens (tertiary/aromatic N) is 5. The lowest BCUT2D eigenvalue weighted by Crippen LogP contribution is -2.24. The molecule has 0 N–H and O–H groups in total. The van der Waals surface area contributed by atoms with Gasteiger partial charge in [0, 0.05) is 121 Å². The maximum atomic E-state index is 12.9. The molecule has 15 heteroatoms. The van der Waals surface area contributed by atoms with Crippen molar-refractivity contribution < 1.29 is 64.5 Å². The molecule has 0 atom stereocenters. The second kappa shape index (κ2) is 42.3. The normalized spacial score (nSPS) is 14.1. The average Bonchev–Trinajstić information content (AvgIpc) is 0.812. The highest BCUT2D eigenvalue weighted by Crippen LogP contribution is 2.35. The van der Waals surface area contributed by atoms with Crippen LogP contribution in [0.25, 0.3) is 28.8 Å². The summed E-state index contributed by atoms with van der Waals surface area (Å²) in [6.45, 7) is 6.41. The summed E-state index contributed by atoms with van der Waals surface area (Å²) in [6.07, 6.45) is 5.98. The van der Waals surface area contributed by atoms with Gasteiger partial charge in [0.15, 0.2) is 0 Å². The van der Waals surface area contributed by atoms with Crippen LogP contribution in [0.2, 0.25) is 5.02 Å². The quantitative estimate of drug-likeness (QED) is 0.0898. The Morgan fingerprint density at radius 2 is 0.465 bits per heavy atom. The molecule has 129 heavy (non-hydrogen) atoms. The van der Waals surface area contributed by atoms with Crippen LogP contribution < -0.4 is 4.74 Å². The van der Waals surface area contributed by atoms with Crippen molar-refractivity contribution in [3.8, 4) is 5.75 Å². The number of rotatable bonds is 16. The zero-order chi connectivity index (χ0) is 88.5. The van der Waals surface area contributed by atoms with E-state index in [1.165, 1.54) is 34.4 Å². The molecule has 15 aromatic rings. The Hall–Kier alpha value is -15.8. The number of methoxy groups -OCH3 is 1. The van der Waals surface area contributed by atoms with E-state index in [1.807, 2.05) is 229 Å². The summed E-state index contributed by atoms with van der Waals surface area (Å²) in [4.78, 5) is 0. The number of benzene rings is 15. The molecule has 0 saturated carbocycles. The minimum Gasteiger partial charge on any atom is -0.497 e. The average molecular weight is 1720 g/mol. The van der Waals surface area contributed by atoms with E-state index in [-0.39, 0.29) is 6.73 Å². The molecule has 0 radical (unpaired) electrons. The number of para-hydroxylation sites is 5. The maximum Gasteiger partial charge on any atom is 0.416 e. The molecule has 5 aliphatic rings. The van der Waals surface area contributed by atoms with Gasteiger partial charge in [-0.2, -0.15) is 36.0 Å². The largest absolute Gasteiger partial charge is 0.497 e. The van der Waals surface area contributed by atoms with Gasteiger partial charge >= 0.3 is 6.18 Å². The summed E-state index contributed by atoms with van der Waals surface area (Å²) in [5.74, 6) is 5.09. The highest BCUT2D eigenvalue weighted by atomic mass is 35.5. The van der Waals surface area contributed by atoms with Gasteiger partial charge in [0.25, 0.3) is 33.7 Å². The van der Waals surface area contributed by atoms with Crippen molar-refractivity contribution in [3.63, 3.8) is 0 Å². The maximum absolute atomic E-state index is 12.9. The molecule has 0 aliphatic carbocycles. The van der Waals surface area contributed by atoms with Crippen molar-refractivity contribution in [2.75, 3.05) is 40.8 Å². The van der Waals surface area contributed by atoms with Crippen LogP contribution >= 0.6 is 11.6 Å². The monoisotopic (exact) mass is 1720 g/mol. The van der Waals surface area contributed by atoms with E-state index in [4.69, 9.17) is 40.0 Å². The zero-order valence-electron chi connectivity index (χ0n) is 71.5. The number of alkyl halides is 3. The lowest BCUT2D eigenvalue weighted by molar-refractivity contribution is -0.484. The van der Waals surface area contributed by atoms with Crippen LogP contribution in [-0.4, -0.2) is 92.2 Å². The van der Waals surface area contributed by atoms with Gasteiger partial charge in [-0.25, -0.2) is 0 Å². The first-order valence-corrected chi connectivity index (χ1v) is 42.9. The van der Waals surface area contributed by atoms with Crippen molar-refractivity contribution in [1.29, 1.82) is 0 Å². The van der Waals surface area contributed by atoms with E-state index in [1.54, 1.807) is 7.11 Å². The van der Waals surface area contributed by atoms with E-state index < -0.39 is 11.7 Å². The first-order valence-electron chi connectivity index (χ1n) is 42.5. The first-order chi connectivity index (χ1) is 63.3. The number of ether oxygens (including phenoxy) is 6. The molecular formula is C114H94ClF3N5O6+5. The molecule has 5 heterocycles. The van der Waals surface area contributed by atoms with Gasteiger partial charge in [0.1, 0.15) is 34.5 Å². The smallest absolute Gasteiger partial charge is 0.416 e. The van der Waals surface area contributed by atoms with Gasteiger partial charge < -0.3 is 28.4 Å².